The molecule has 0 spiro atoms. The Labute approximate surface area is 268 Å². The summed E-state index contributed by atoms with van der Waals surface area (Å²) in [4.78, 5) is 17.7. The van der Waals surface area contributed by atoms with Gasteiger partial charge in [-0.2, -0.15) is 0 Å². The first-order valence-corrected chi connectivity index (χ1v) is 16.9. The van der Waals surface area contributed by atoms with Crippen molar-refractivity contribution in [3.8, 4) is 11.1 Å². The van der Waals surface area contributed by atoms with Crippen LogP contribution in [0.4, 0.5) is 0 Å². The summed E-state index contributed by atoms with van der Waals surface area (Å²) in [5.41, 5.74) is 20.1. The molecule has 3 aromatic carbocycles. The molecule has 1 aliphatic heterocycles. The van der Waals surface area contributed by atoms with Crippen molar-refractivity contribution in [3.63, 3.8) is 0 Å². The smallest absolute Gasteiger partial charge is 0.159 e. The molecular weight excluding hydrogens is 566 g/mol. The Hall–Kier alpha value is -4.90. The number of hydrogen-bond donors (Lipinski definition) is 3. The molecule has 0 bridgehead atoms. The maximum Gasteiger partial charge on any atom is 0.159 e. The van der Waals surface area contributed by atoms with E-state index < -0.39 is 0 Å². The number of rotatable bonds is 2. The lowest BCUT2D eigenvalue weighted by atomic mass is 9.74. The number of aliphatic hydroxyl groups is 1. The molecule has 1 unspecified atom stereocenters. The van der Waals surface area contributed by atoms with Gasteiger partial charge in [-0.05, 0) is 125 Å². The Morgan fingerprint density at radius 3 is 2.43 bits per heavy atom. The molecule has 10 rings (SSSR count). The third-order valence-corrected chi connectivity index (χ3v) is 11.2. The highest BCUT2D eigenvalue weighted by Crippen LogP contribution is 2.51. The molecule has 3 N–H and O–H groups in total. The van der Waals surface area contributed by atoms with E-state index in [1.807, 2.05) is 0 Å². The average Bonchev–Trinajstić information content (AvgIpc) is 3.42. The van der Waals surface area contributed by atoms with Crippen molar-refractivity contribution in [1.29, 1.82) is 0 Å². The Morgan fingerprint density at radius 2 is 1.57 bits per heavy atom. The summed E-state index contributed by atoms with van der Waals surface area (Å²) in [5, 5.41) is 18.4. The number of nitrogens with zero attached hydrogens (tertiary/aromatic N) is 1. The summed E-state index contributed by atoms with van der Waals surface area (Å²) in [6, 6.07) is 16.0. The molecule has 0 fully saturated rings. The van der Waals surface area contributed by atoms with Crippen LogP contribution in [0.1, 0.15) is 88.3 Å². The Morgan fingerprint density at radius 1 is 0.739 bits per heavy atom. The first kappa shape index (κ1) is 26.3. The lowest BCUT2D eigenvalue weighted by Gasteiger charge is -2.34. The predicted molar refractivity (Wildman–Crippen MR) is 182 cm³/mol. The summed E-state index contributed by atoms with van der Waals surface area (Å²) in [6.45, 7) is 0. The number of hydrogen-bond acceptors (Lipinski definition) is 5. The van der Waals surface area contributed by atoms with Crippen LogP contribution >= 0.6 is 0 Å². The van der Waals surface area contributed by atoms with E-state index >= 15 is 0 Å². The van der Waals surface area contributed by atoms with Gasteiger partial charge in [-0.25, -0.2) is 4.99 Å². The number of nitrogens with one attached hydrogen (secondary N) is 2. The number of carbonyl (C=O) groups is 1. The van der Waals surface area contributed by atoms with Gasteiger partial charge >= 0.3 is 0 Å². The van der Waals surface area contributed by atoms with E-state index in [-0.39, 0.29) is 17.7 Å². The van der Waals surface area contributed by atoms with E-state index in [1.54, 1.807) is 0 Å². The zero-order valence-electron chi connectivity index (χ0n) is 25.8. The molecule has 1 atom stereocenters. The highest BCUT2D eigenvalue weighted by atomic mass is 16.3. The van der Waals surface area contributed by atoms with Gasteiger partial charge in [0.15, 0.2) is 5.78 Å². The fraction of sp³-hybridized carbons (Fsp3) is 0.268. The normalized spacial score (nSPS) is 23.4. The Bertz CT molecular complexity index is 2120. The minimum Gasteiger partial charge on any atom is -0.507 e. The number of amidine groups is 1. The molecule has 0 radical (unpaired) electrons. The van der Waals surface area contributed by atoms with Crippen LogP contribution in [-0.2, 0) is 36.9 Å². The number of carbonyl (C=O) groups excluding carboxylic acids is 1. The predicted octanol–water partition coefficient (Wildman–Crippen LogP) is 7.65. The van der Waals surface area contributed by atoms with E-state index in [9.17, 15) is 9.90 Å². The van der Waals surface area contributed by atoms with Crippen LogP contribution in [0.5, 0.6) is 0 Å². The van der Waals surface area contributed by atoms with Gasteiger partial charge in [-0.1, -0.05) is 60.7 Å². The van der Waals surface area contributed by atoms with Gasteiger partial charge in [-0.3, -0.25) is 4.79 Å². The Balaban J connectivity index is 1.15. The van der Waals surface area contributed by atoms with Crippen molar-refractivity contribution in [1.82, 2.24) is 10.6 Å². The van der Waals surface area contributed by atoms with E-state index in [4.69, 9.17) is 4.99 Å². The number of aliphatic imine (C=N–C) groups is 1. The maximum absolute atomic E-state index is 12.2. The topological polar surface area (TPSA) is 73.7 Å². The minimum atomic E-state index is -0.327. The van der Waals surface area contributed by atoms with Crippen LogP contribution in [0.15, 0.2) is 94.5 Å². The van der Waals surface area contributed by atoms with Crippen LogP contribution in [0.25, 0.3) is 22.3 Å². The van der Waals surface area contributed by atoms with E-state index in [1.165, 1.54) is 78.4 Å². The van der Waals surface area contributed by atoms with E-state index in [0.29, 0.717) is 12.8 Å². The highest BCUT2D eigenvalue weighted by Gasteiger charge is 2.35. The van der Waals surface area contributed by atoms with Crippen LogP contribution in [-0.4, -0.2) is 16.7 Å². The molecule has 226 valence electrons. The zero-order valence-corrected chi connectivity index (χ0v) is 25.8. The maximum atomic E-state index is 12.2. The van der Waals surface area contributed by atoms with E-state index in [2.05, 4.69) is 71.3 Å². The molecular formula is C41H35N3O2. The van der Waals surface area contributed by atoms with Crippen LogP contribution in [0.3, 0.4) is 0 Å². The minimum absolute atomic E-state index is 0.0374. The van der Waals surface area contributed by atoms with Crippen molar-refractivity contribution >= 4 is 22.8 Å². The monoisotopic (exact) mass is 601 g/mol. The summed E-state index contributed by atoms with van der Waals surface area (Å²) < 4.78 is 0. The van der Waals surface area contributed by atoms with Crippen molar-refractivity contribution in [2.75, 3.05) is 0 Å². The van der Waals surface area contributed by atoms with Gasteiger partial charge in [0.2, 0.25) is 0 Å². The molecule has 46 heavy (non-hydrogen) atoms. The summed E-state index contributed by atoms with van der Waals surface area (Å²) in [6.07, 6.45) is 17.3. The van der Waals surface area contributed by atoms with Gasteiger partial charge in [0.05, 0.1) is 0 Å². The van der Waals surface area contributed by atoms with Gasteiger partial charge in [0.1, 0.15) is 23.6 Å². The Kier molecular flexibility index (Phi) is 5.61. The fourth-order valence-corrected chi connectivity index (χ4v) is 9.14. The van der Waals surface area contributed by atoms with Crippen molar-refractivity contribution in [3.05, 3.63) is 140 Å². The van der Waals surface area contributed by atoms with Gasteiger partial charge in [-0.15, -0.1) is 0 Å². The fourth-order valence-electron chi connectivity index (χ4n) is 9.14. The van der Waals surface area contributed by atoms with Crippen LogP contribution < -0.4 is 10.6 Å². The second kappa shape index (κ2) is 9.80. The largest absolute Gasteiger partial charge is 0.507 e. The first-order valence-electron chi connectivity index (χ1n) is 16.9. The zero-order chi connectivity index (χ0) is 30.5. The van der Waals surface area contributed by atoms with Crippen LogP contribution in [0, 0.1) is 0 Å². The molecule has 0 aromatic heterocycles. The van der Waals surface area contributed by atoms with Crippen molar-refractivity contribution < 1.29 is 9.90 Å². The average molecular weight is 602 g/mol. The van der Waals surface area contributed by atoms with Crippen molar-refractivity contribution in [2.24, 2.45) is 4.99 Å². The molecule has 0 amide bonds. The first-order chi connectivity index (χ1) is 22.6. The second-order valence-electron chi connectivity index (χ2n) is 13.6. The third-order valence-electron chi connectivity index (χ3n) is 11.2. The molecule has 1 heterocycles. The lowest BCUT2D eigenvalue weighted by molar-refractivity contribution is -0.115. The van der Waals surface area contributed by atoms with Gasteiger partial charge in [0.25, 0.3) is 0 Å². The second-order valence-corrected chi connectivity index (χ2v) is 13.6. The number of fused-ring (bicyclic) bond motifs is 2. The molecule has 5 nitrogen and oxygen atoms in total. The van der Waals surface area contributed by atoms with E-state index in [0.717, 1.165) is 74.2 Å². The molecule has 5 heteroatoms. The van der Waals surface area contributed by atoms with Crippen LogP contribution in [0.2, 0.25) is 0 Å². The summed E-state index contributed by atoms with van der Waals surface area (Å²) >= 11 is 0. The molecule has 7 aliphatic rings. The number of aryl methyl sites for hydroxylation is 3. The molecule has 0 saturated heterocycles. The van der Waals surface area contributed by atoms with Gasteiger partial charge in [0, 0.05) is 29.2 Å². The quantitative estimate of drug-likeness (QED) is 0.282. The number of ketones is 1. The third kappa shape index (κ3) is 3.75. The number of aliphatic hydroxyl groups excluding tert-OH is 1. The van der Waals surface area contributed by atoms with Gasteiger partial charge < -0.3 is 15.7 Å². The lowest BCUT2D eigenvalue weighted by Crippen LogP contribution is -2.42. The highest BCUT2D eigenvalue weighted by molar-refractivity contribution is 6.06. The molecule has 6 aliphatic carbocycles. The molecule has 3 aromatic rings. The van der Waals surface area contributed by atoms with Crippen molar-refractivity contribution in [2.45, 2.75) is 70.4 Å². The summed E-state index contributed by atoms with van der Waals surface area (Å²) in [7, 11) is 0. The number of benzene rings is 3. The molecule has 0 saturated carbocycles. The summed E-state index contributed by atoms with van der Waals surface area (Å²) in [5.74, 6) is 1.59. The number of allylic oxidation sites excluding steroid dienone is 8. The SMILES string of the molecule is O=C1C=C(O)C(=C2NC(c3ccc4c5c3CCc3cccc(c3-5)CC4)=NC(c3ccc4c5c3CCC=C5C3=C4CCC=C3)N2)CC1. The standard InChI is InChI=1S/C41H35N3O2/c45-25-15-18-34(35(46)21-25)41-43-39(32-17-14-24-12-11-22-5-3-6-23-13-16-31(32)37(24)36(22)23)42-40(44-41)33-20-19-30-27-8-2-1-7-26(27)28-9-4-10-29(33)38(28)30/h1,3,5-7,9,14,17,19-21,40,44,46H,2,4,8,10-13,15-16,18H2,(H,42,43).